The van der Waals surface area contributed by atoms with Crippen LogP contribution in [0.3, 0.4) is 0 Å². The topological polar surface area (TPSA) is 29.1 Å². The molecule has 0 saturated carbocycles. The Labute approximate surface area is 221 Å². The smallest absolute Gasteiger partial charge is 0.251 e. The van der Waals surface area contributed by atoms with E-state index in [2.05, 4.69) is 99.7 Å². The summed E-state index contributed by atoms with van der Waals surface area (Å²) in [6, 6.07) is 32.4. The van der Waals surface area contributed by atoms with Gasteiger partial charge in [0.25, 0.3) is 5.91 Å². The molecule has 0 bridgehead atoms. The first-order valence-electron chi connectivity index (χ1n) is 13.4. The van der Waals surface area contributed by atoms with Crippen LogP contribution in [-0.2, 0) is 10.8 Å². The molecule has 4 aromatic carbocycles. The van der Waals surface area contributed by atoms with Crippen molar-refractivity contribution < 1.29 is 4.79 Å². The Bertz CT molecular complexity index is 1430. The molecular formula is C35H37NO. The lowest BCUT2D eigenvalue weighted by molar-refractivity contribution is 0.0956. The summed E-state index contributed by atoms with van der Waals surface area (Å²) in [4.78, 5) is 12.2. The molecule has 188 valence electrons. The normalized spacial score (nSPS) is 15.6. The Morgan fingerprint density at radius 2 is 1.27 bits per heavy atom. The molecule has 1 amide bonds. The lowest BCUT2D eigenvalue weighted by atomic mass is 9.63. The summed E-state index contributed by atoms with van der Waals surface area (Å²) in [6.45, 7) is 12.1. The second kappa shape index (κ2) is 9.67. The third-order valence-electron chi connectivity index (χ3n) is 8.09. The second-order valence-corrected chi connectivity index (χ2v) is 11.6. The number of carbonyl (C=O) groups excluding carboxylic acids is 1. The van der Waals surface area contributed by atoms with Gasteiger partial charge in [-0.1, -0.05) is 100 Å². The summed E-state index contributed by atoms with van der Waals surface area (Å²) < 4.78 is 0. The molecule has 0 fully saturated rings. The van der Waals surface area contributed by atoms with Gasteiger partial charge in [0, 0.05) is 12.1 Å². The Morgan fingerprint density at radius 1 is 0.649 bits per heavy atom. The highest BCUT2D eigenvalue weighted by atomic mass is 16.1. The van der Waals surface area contributed by atoms with Crippen LogP contribution in [0.2, 0.25) is 0 Å². The van der Waals surface area contributed by atoms with Gasteiger partial charge in [0.2, 0.25) is 0 Å². The molecule has 2 heteroatoms. The Hall–Kier alpha value is -3.65. The molecule has 0 radical (unpaired) electrons. The quantitative estimate of drug-likeness (QED) is 0.299. The van der Waals surface area contributed by atoms with Crippen molar-refractivity contribution in [1.29, 1.82) is 0 Å². The van der Waals surface area contributed by atoms with E-state index >= 15 is 0 Å². The fourth-order valence-electron chi connectivity index (χ4n) is 5.66. The van der Waals surface area contributed by atoms with Crippen LogP contribution in [0.15, 0.2) is 91.0 Å². The van der Waals surface area contributed by atoms with E-state index in [-0.39, 0.29) is 16.7 Å². The Balaban J connectivity index is 1.64. The standard InChI is InChI=1S/C35H37NO/c1-6-36-33(37)26-14-12-24(13-15-26)27-16-18-29(25-10-8-7-9-11-25)30(22-27)28-17-19-31-32(23-28)35(4,5)21-20-34(31,2)3/h7-19,22-23H,6,20-21H2,1-5H3,(H,36,37). The summed E-state index contributed by atoms with van der Waals surface area (Å²) >= 11 is 0. The molecule has 0 aliphatic heterocycles. The van der Waals surface area contributed by atoms with Crippen molar-refractivity contribution in [1.82, 2.24) is 5.32 Å². The molecule has 0 saturated heterocycles. The summed E-state index contributed by atoms with van der Waals surface area (Å²) in [5, 5.41) is 2.88. The van der Waals surface area contributed by atoms with Crippen LogP contribution in [-0.4, -0.2) is 12.5 Å². The molecule has 0 aromatic heterocycles. The molecule has 0 heterocycles. The van der Waals surface area contributed by atoms with Gasteiger partial charge in [-0.25, -0.2) is 0 Å². The third kappa shape index (κ3) is 4.85. The zero-order valence-electron chi connectivity index (χ0n) is 22.7. The Morgan fingerprint density at radius 3 is 1.95 bits per heavy atom. The minimum atomic E-state index is -0.0336. The molecule has 1 N–H and O–H groups in total. The molecule has 1 aliphatic carbocycles. The summed E-state index contributed by atoms with van der Waals surface area (Å²) in [6.07, 6.45) is 2.41. The highest BCUT2D eigenvalue weighted by Gasteiger charge is 2.37. The number of nitrogens with one attached hydrogen (secondary N) is 1. The molecular weight excluding hydrogens is 450 g/mol. The van der Waals surface area contributed by atoms with Gasteiger partial charge in [0.15, 0.2) is 0 Å². The molecule has 4 aromatic rings. The van der Waals surface area contributed by atoms with Crippen LogP contribution < -0.4 is 5.32 Å². The lowest BCUT2D eigenvalue weighted by Crippen LogP contribution is -2.33. The van der Waals surface area contributed by atoms with E-state index in [1.165, 1.54) is 46.2 Å². The lowest BCUT2D eigenvalue weighted by Gasteiger charge is -2.42. The van der Waals surface area contributed by atoms with Crippen LogP contribution in [0.5, 0.6) is 0 Å². The van der Waals surface area contributed by atoms with Crippen molar-refractivity contribution in [3.8, 4) is 33.4 Å². The molecule has 1 aliphatic rings. The van der Waals surface area contributed by atoms with E-state index in [1.807, 2.05) is 31.2 Å². The van der Waals surface area contributed by atoms with Gasteiger partial charge in [-0.2, -0.15) is 0 Å². The largest absolute Gasteiger partial charge is 0.352 e. The predicted octanol–water partition coefficient (Wildman–Crippen LogP) is 8.79. The fraction of sp³-hybridized carbons (Fsp3) is 0.286. The van der Waals surface area contributed by atoms with E-state index in [9.17, 15) is 4.79 Å². The van der Waals surface area contributed by atoms with Crippen molar-refractivity contribution in [2.75, 3.05) is 6.54 Å². The maximum atomic E-state index is 12.2. The minimum absolute atomic E-state index is 0.0336. The van der Waals surface area contributed by atoms with Crippen molar-refractivity contribution in [2.45, 2.75) is 58.3 Å². The molecule has 37 heavy (non-hydrogen) atoms. The van der Waals surface area contributed by atoms with Crippen molar-refractivity contribution in [3.05, 3.63) is 108 Å². The van der Waals surface area contributed by atoms with E-state index in [0.29, 0.717) is 12.1 Å². The van der Waals surface area contributed by atoms with Crippen LogP contribution in [0.4, 0.5) is 0 Å². The molecule has 0 atom stereocenters. The number of benzene rings is 4. The van der Waals surface area contributed by atoms with Crippen molar-refractivity contribution in [3.63, 3.8) is 0 Å². The van der Waals surface area contributed by atoms with Crippen LogP contribution in [0.25, 0.3) is 33.4 Å². The number of amides is 1. The van der Waals surface area contributed by atoms with Crippen LogP contribution in [0, 0.1) is 0 Å². The summed E-state index contributed by atoms with van der Waals surface area (Å²) in [5.74, 6) is -0.0336. The molecule has 0 unspecified atom stereocenters. The van der Waals surface area contributed by atoms with Crippen molar-refractivity contribution in [2.24, 2.45) is 0 Å². The number of hydrogen-bond acceptors (Lipinski definition) is 1. The number of rotatable bonds is 5. The maximum Gasteiger partial charge on any atom is 0.251 e. The van der Waals surface area contributed by atoms with Crippen molar-refractivity contribution >= 4 is 5.91 Å². The number of fused-ring (bicyclic) bond motifs is 1. The van der Waals surface area contributed by atoms with Gasteiger partial charge < -0.3 is 5.32 Å². The summed E-state index contributed by atoms with van der Waals surface area (Å²) in [7, 11) is 0. The second-order valence-electron chi connectivity index (χ2n) is 11.6. The first kappa shape index (κ1) is 25.0. The van der Waals surface area contributed by atoms with Gasteiger partial charge in [-0.15, -0.1) is 0 Å². The molecule has 2 nitrogen and oxygen atoms in total. The SMILES string of the molecule is CCNC(=O)c1ccc(-c2ccc(-c3ccccc3)c(-c3ccc4c(c3)C(C)(C)CCC4(C)C)c2)cc1. The van der Waals surface area contributed by atoms with Crippen LogP contribution in [0.1, 0.15) is 68.9 Å². The van der Waals surface area contributed by atoms with E-state index in [0.717, 1.165) is 11.1 Å². The highest BCUT2D eigenvalue weighted by molar-refractivity contribution is 5.95. The number of hydrogen-bond donors (Lipinski definition) is 1. The van der Waals surface area contributed by atoms with E-state index in [1.54, 1.807) is 0 Å². The zero-order chi connectivity index (χ0) is 26.2. The number of carbonyl (C=O) groups is 1. The zero-order valence-corrected chi connectivity index (χ0v) is 22.7. The summed E-state index contributed by atoms with van der Waals surface area (Å²) in [5.41, 5.74) is 11.2. The first-order valence-corrected chi connectivity index (χ1v) is 13.4. The highest BCUT2D eigenvalue weighted by Crippen LogP contribution is 2.47. The average molecular weight is 488 g/mol. The van der Waals surface area contributed by atoms with Gasteiger partial charge >= 0.3 is 0 Å². The van der Waals surface area contributed by atoms with Gasteiger partial charge in [-0.05, 0) is 93.3 Å². The average Bonchev–Trinajstić information content (AvgIpc) is 2.91. The van der Waals surface area contributed by atoms with Crippen LogP contribution >= 0.6 is 0 Å². The molecule has 5 rings (SSSR count). The maximum absolute atomic E-state index is 12.2. The van der Waals surface area contributed by atoms with E-state index < -0.39 is 0 Å². The van der Waals surface area contributed by atoms with Gasteiger partial charge in [-0.3, -0.25) is 4.79 Å². The molecule has 0 spiro atoms. The van der Waals surface area contributed by atoms with E-state index in [4.69, 9.17) is 0 Å². The first-order chi connectivity index (χ1) is 17.7. The minimum Gasteiger partial charge on any atom is -0.352 e. The Kier molecular flexibility index (Phi) is 6.54. The van der Waals surface area contributed by atoms with Gasteiger partial charge in [0.05, 0.1) is 0 Å². The monoisotopic (exact) mass is 487 g/mol. The third-order valence-corrected chi connectivity index (χ3v) is 8.09. The fourth-order valence-corrected chi connectivity index (χ4v) is 5.66. The predicted molar refractivity (Wildman–Crippen MR) is 156 cm³/mol. The van der Waals surface area contributed by atoms with Gasteiger partial charge in [0.1, 0.15) is 0 Å².